The second kappa shape index (κ2) is 9.59. The summed E-state index contributed by atoms with van der Waals surface area (Å²) in [4.78, 5) is 27.8. The molecule has 0 unspecified atom stereocenters. The van der Waals surface area contributed by atoms with Gasteiger partial charge in [0.25, 0.3) is 5.91 Å². The van der Waals surface area contributed by atoms with Crippen molar-refractivity contribution in [2.75, 3.05) is 6.54 Å². The lowest BCUT2D eigenvalue weighted by atomic mass is 9.99. The van der Waals surface area contributed by atoms with Crippen LogP contribution >= 0.6 is 0 Å². The van der Waals surface area contributed by atoms with Gasteiger partial charge in [-0.2, -0.15) is 0 Å². The second-order valence-electron chi connectivity index (χ2n) is 7.57. The first-order valence-electron chi connectivity index (χ1n) is 9.96. The molecule has 1 aromatic heterocycles. The number of hydrogen-bond donors (Lipinski definition) is 3. The van der Waals surface area contributed by atoms with Gasteiger partial charge in [-0.25, -0.2) is 13.6 Å². The van der Waals surface area contributed by atoms with Crippen LogP contribution < -0.4 is 15.4 Å². The Morgan fingerprint density at radius 1 is 1.16 bits per heavy atom. The Hall–Kier alpha value is -3.75. The number of carbonyl (C=O) groups is 2. The number of halogens is 2. The molecule has 3 aromatic rings. The van der Waals surface area contributed by atoms with E-state index in [-0.39, 0.29) is 24.3 Å². The molecule has 2 amide bonds. The predicted molar refractivity (Wildman–Crippen MR) is 115 cm³/mol. The third kappa shape index (κ3) is 5.29. The Balaban J connectivity index is 1.75. The van der Waals surface area contributed by atoms with E-state index in [1.54, 1.807) is 31.2 Å². The van der Waals surface area contributed by atoms with E-state index in [0.29, 0.717) is 23.1 Å². The molecule has 3 N–H and O–H groups in total. The molecule has 0 fully saturated rings. The van der Waals surface area contributed by atoms with E-state index in [4.69, 9.17) is 9.84 Å². The number of hydrogen-bond acceptors (Lipinski definition) is 4. The first kappa shape index (κ1) is 22.9. The predicted octanol–water partition coefficient (Wildman–Crippen LogP) is 4.26. The highest BCUT2D eigenvalue weighted by molar-refractivity contribution is 5.98. The van der Waals surface area contributed by atoms with Crippen molar-refractivity contribution in [2.45, 2.75) is 32.4 Å². The third-order valence-corrected chi connectivity index (χ3v) is 5.20. The van der Waals surface area contributed by atoms with Crippen LogP contribution in [0.25, 0.3) is 10.9 Å². The highest BCUT2D eigenvalue weighted by Gasteiger charge is 2.25. The van der Waals surface area contributed by atoms with Crippen LogP contribution in [0.15, 0.2) is 48.7 Å². The van der Waals surface area contributed by atoms with Gasteiger partial charge in [-0.3, -0.25) is 9.78 Å². The minimum absolute atomic E-state index is 0.101. The van der Waals surface area contributed by atoms with Gasteiger partial charge in [0.1, 0.15) is 29.5 Å². The number of fused-ring (bicyclic) bond motifs is 1. The maximum Gasteiger partial charge on any atom is 0.405 e. The van der Waals surface area contributed by atoms with E-state index < -0.39 is 29.2 Å². The molecule has 0 saturated heterocycles. The number of amides is 2. The van der Waals surface area contributed by atoms with E-state index in [0.717, 1.165) is 12.1 Å². The highest BCUT2D eigenvalue weighted by Crippen LogP contribution is 2.26. The molecule has 0 aliphatic heterocycles. The van der Waals surface area contributed by atoms with Crippen molar-refractivity contribution in [1.29, 1.82) is 0 Å². The van der Waals surface area contributed by atoms with E-state index >= 15 is 0 Å². The first-order chi connectivity index (χ1) is 15.2. The summed E-state index contributed by atoms with van der Waals surface area (Å²) in [6.45, 7) is 3.30. The van der Waals surface area contributed by atoms with E-state index in [1.165, 1.54) is 12.3 Å². The molecule has 0 saturated carbocycles. The Labute approximate surface area is 183 Å². The summed E-state index contributed by atoms with van der Waals surface area (Å²) >= 11 is 0. The maximum atomic E-state index is 13.8. The van der Waals surface area contributed by atoms with Gasteiger partial charge in [0.05, 0.1) is 16.7 Å². The SMILES string of the molecule is CC[C@@](C)(CNC(=O)c1cnc2c(OCc3c(F)cccc3F)cccc2c1)NC(=O)O. The zero-order valence-electron chi connectivity index (χ0n) is 17.6. The summed E-state index contributed by atoms with van der Waals surface area (Å²) in [7, 11) is 0. The normalized spacial score (nSPS) is 12.8. The summed E-state index contributed by atoms with van der Waals surface area (Å²) in [5.74, 6) is -1.49. The van der Waals surface area contributed by atoms with Crippen molar-refractivity contribution < 1.29 is 28.2 Å². The maximum absolute atomic E-state index is 13.8. The molecule has 0 aliphatic carbocycles. The van der Waals surface area contributed by atoms with Crippen LogP contribution in [-0.2, 0) is 6.61 Å². The van der Waals surface area contributed by atoms with Crippen molar-refractivity contribution in [3.05, 3.63) is 71.4 Å². The van der Waals surface area contributed by atoms with E-state index in [2.05, 4.69) is 15.6 Å². The summed E-state index contributed by atoms with van der Waals surface area (Å²) in [6.07, 6.45) is 0.680. The summed E-state index contributed by atoms with van der Waals surface area (Å²) in [5, 5.41) is 14.7. The fourth-order valence-corrected chi connectivity index (χ4v) is 3.09. The van der Waals surface area contributed by atoms with Gasteiger partial charge in [-0.1, -0.05) is 25.1 Å². The van der Waals surface area contributed by atoms with Crippen LogP contribution in [0.3, 0.4) is 0 Å². The van der Waals surface area contributed by atoms with Gasteiger partial charge in [-0.15, -0.1) is 0 Å². The van der Waals surface area contributed by atoms with Crippen molar-refractivity contribution in [2.24, 2.45) is 0 Å². The molecule has 2 aromatic carbocycles. The third-order valence-electron chi connectivity index (χ3n) is 5.20. The van der Waals surface area contributed by atoms with Crippen molar-refractivity contribution in [3.8, 4) is 5.75 Å². The lowest BCUT2D eigenvalue weighted by Crippen LogP contribution is -2.52. The molecule has 0 bridgehead atoms. The second-order valence-corrected chi connectivity index (χ2v) is 7.57. The lowest BCUT2D eigenvalue weighted by molar-refractivity contribution is 0.0937. The van der Waals surface area contributed by atoms with Crippen molar-refractivity contribution in [1.82, 2.24) is 15.6 Å². The molecule has 168 valence electrons. The monoisotopic (exact) mass is 443 g/mol. The molecular formula is C23H23F2N3O4. The average molecular weight is 443 g/mol. The topological polar surface area (TPSA) is 101 Å². The largest absolute Gasteiger partial charge is 0.486 e. The molecule has 0 aliphatic rings. The number of benzene rings is 2. The molecule has 3 rings (SSSR count). The molecule has 9 heteroatoms. The van der Waals surface area contributed by atoms with Crippen LogP contribution in [-0.4, -0.2) is 34.2 Å². The van der Waals surface area contributed by atoms with Crippen molar-refractivity contribution >= 4 is 22.9 Å². The minimum Gasteiger partial charge on any atom is -0.486 e. The van der Waals surface area contributed by atoms with Gasteiger partial charge in [0, 0.05) is 18.1 Å². The van der Waals surface area contributed by atoms with Crippen molar-refractivity contribution in [3.63, 3.8) is 0 Å². The van der Waals surface area contributed by atoms with Gasteiger partial charge in [-0.05, 0) is 37.6 Å². The van der Waals surface area contributed by atoms with Gasteiger partial charge in [0.15, 0.2) is 0 Å². The Kier molecular flexibility index (Phi) is 6.87. The average Bonchev–Trinajstić information content (AvgIpc) is 2.76. The van der Waals surface area contributed by atoms with Gasteiger partial charge >= 0.3 is 6.09 Å². The number of pyridine rings is 1. The van der Waals surface area contributed by atoms with E-state index in [9.17, 15) is 18.4 Å². The number of aromatic nitrogens is 1. The lowest BCUT2D eigenvalue weighted by Gasteiger charge is -2.28. The zero-order chi connectivity index (χ0) is 23.3. The fraction of sp³-hybridized carbons (Fsp3) is 0.261. The summed E-state index contributed by atoms with van der Waals surface area (Å²) < 4.78 is 33.3. The number of nitrogens with one attached hydrogen (secondary N) is 2. The smallest absolute Gasteiger partial charge is 0.405 e. The van der Waals surface area contributed by atoms with Crippen LogP contribution in [0.4, 0.5) is 13.6 Å². The van der Waals surface area contributed by atoms with Gasteiger partial charge in [0.2, 0.25) is 0 Å². The van der Waals surface area contributed by atoms with E-state index in [1.807, 2.05) is 6.92 Å². The number of para-hydroxylation sites is 1. The van der Waals surface area contributed by atoms with Crippen LogP contribution in [0, 0.1) is 11.6 Å². The molecule has 0 radical (unpaired) electrons. The number of rotatable bonds is 8. The standard InChI is InChI=1S/C23H23F2N3O4/c1-3-23(2,28-22(30)31)13-27-21(29)15-10-14-6-4-9-19(20(14)26-11-15)32-12-16-17(24)7-5-8-18(16)25/h4-11,28H,3,12-13H2,1-2H3,(H,27,29)(H,30,31)/t23-/m0/s1. The van der Waals surface area contributed by atoms with Gasteiger partial charge < -0.3 is 20.5 Å². The van der Waals surface area contributed by atoms with Crippen LogP contribution in [0.5, 0.6) is 5.75 Å². The molecular weight excluding hydrogens is 420 g/mol. The molecule has 7 nitrogen and oxygen atoms in total. The van der Waals surface area contributed by atoms with Crippen LogP contribution in [0.2, 0.25) is 0 Å². The number of ether oxygens (including phenoxy) is 1. The number of carbonyl (C=O) groups excluding carboxylic acids is 1. The number of carboxylic acid groups (broad SMARTS) is 1. The zero-order valence-corrected chi connectivity index (χ0v) is 17.6. The number of nitrogens with zero attached hydrogens (tertiary/aromatic N) is 1. The Bertz CT molecular complexity index is 1140. The summed E-state index contributed by atoms with van der Waals surface area (Å²) in [5.41, 5.74) is -0.279. The van der Waals surface area contributed by atoms with Crippen LogP contribution in [0.1, 0.15) is 36.2 Å². The minimum atomic E-state index is -1.17. The Morgan fingerprint density at radius 3 is 2.50 bits per heavy atom. The quantitative estimate of drug-likeness (QED) is 0.483. The fourth-order valence-electron chi connectivity index (χ4n) is 3.09. The molecule has 1 heterocycles. The molecule has 0 spiro atoms. The highest BCUT2D eigenvalue weighted by atomic mass is 19.1. The molecule has 1 atom stereocenters. The summed E-state index contributed by atoms with van der Waals surface area (Å²) in [6, 6.07) is 10.2. The molecule has 32 heavy (non-hydrogen) atoms. The first-order valence-corrected chi connectivity index (χ1v) is 9.96. The Morgan fingerprint density at radius 2 is 1.84 bits per heavy atom.